The first-order chi connectivity index (χ1) is 7.12. The van der Waals surface area contributed by atoms with Crippen LogP contribution in [0.4, 0.5) is 0 Å². The summed E-state index contributed by atoms with van der Waals surface area (Å²) in [5.74, 6) is -0.229. The van der Waals surface area contributed by atoms with Crippen LogP contribution in [0.15, 0.2) is 0 Å². The van der Waals surface area contributed by atoms with Gasteiger partial charge >= 0.3 is 0 Å². The van der Waals surface area contributed by atoms with Gasteiger partial charge in [-0.1, -0.05) is 13.8 Å². The van der Waals surface area contributed by atoms with Gasteiger partial charge in [0.25, 0.3) is 0 Å². The number of nitrogens with one attached hydrogen (secondary N) is 1. The highest BCUT2D eigenvalue weighted by atomic mass is 16.5. The van der Waals surface area contributed by atoms with Crippen LogP contribution >= 0.6 is 0 Å². The highest BCUT2D eigenvalue weighted by Crippen LogP contribution is 2.29. The van der Waals surface area contributed by atoms with E-state index < -0.39 is 0 Å². The van der Waals surface area contributed by atoms with Crippen LogP contribution in [0.25, 0.3) is 0 Å². The fourth-order valence-corrected chi connectivity index (χ4v) is 2.37. The minimum absolute atomic E-state index is 0.125. The Morgan fingerprint density at radius 3 is 2.87 bits per heavy atom. The number of carbonyl (C=O) groups excluding carboxylic acids is 1. The van der Waals surface area contributed by atoms with Crippen LogP contribution in [0.1, 0.15) is 39.5 Å². The molecule has 2 unspecified atom stereocenters. The van der Waals surface area contributed by atoms with Gasteiger partial charge in [-0.3, -0.25) is 4.79 Å². The zero-order valence-electron chi connectivity index (χ0n) is 9.71. The number of nitrogens with two attached hydrogens (primary N) is 1. The maximum atomic E-state index is 11.1. The summed E-state index contributed by atoms with van der Waals surface area (Å²) in [5.41, 5.74) is 5.18. The summed E-state index contributed by atoms with van der Waals surface area (Å²) in [5, 5.41) is 3.41. The molecule has 1 amide bonds. The highest BCUT2D eigenvalue weighted by Gasteiger charge is 2.36. The maximum Gasteiger partial charge on any atom is 0.219 e. The molecule has 0 bridgehead atoms. The Balaban J connectivity index is 2.65. The third-order valence-corrected chi connectivity index (χ3v) is 3.07. The molecule has 88 valence electrons. The van der Waals surface area contributed by atoms with Crippen LogP contribution in [0.2, 0.25) is 0 Å². The zero-order valence-corrected chi connectivity index (χ0v) is 9.71. The fraction of sp³-hybridized carbons (Fsp3) is 0.909. The zero-order chi connectivity index (χ0) is 11.3. The number of hydrogen-bond acceptors (Lipinski definition) is 3. The summed E-state index contributed by atoms with van der Waals surface area (Å²) in [7, 11) is 0. The Kier molecular flexibility index (Phi) is 4.54. The molecule has 1 fully saturated rings. The van der Waals surface area contributed by atoms with Crippen LogP contribution in [0.3, 0.4) is 0 Å². The van der Waals surface area contributed by atoms with Crippen LogP contribution in [0, 0.1) is 0 Å². The number of hydrogen-bond donors (Lipinski definition) is 2. The topological polar surface area (TPSA) is 64.3 Å². The number of rotatable bonds is 5. The maximum absolute atomic E-state index is 11.1. The van der Waals surface area contributed by atoms with Crippen LogP contribution in [-0.4, -0.2) is 30.7 Å². The Labute approximate surface area is 91.5 Å². The van der Waals surface area contributed by atoms with Crippen molar-refractivity contribution < 1.29 is 9.53 Å². The van der Waals surface area contributed by atoms with E-state index in [0.717, 1.165) is 32.4 Å². The van der Waals surface area contributed by atoms with E-state index in [1.165, 1.54) is 0 Å². The third kappa shape index (κ3) is 3.47. The quantitative estimate of drug-likeness (QED) is 0.711. The first-order valence-corrected chi connectivity index (χ1v) is 5.77. The molecule has 1 saturated heterocycles. The van der Waals surface area contributed by atoms with E-state index in [0.29, 0.717) is 6.42 Å². The summed E-state index contributed by atoms with van der Waals surface area (Å²) < 4.78 is 5.62. The van der Waals surface area contributed by atoms with Gasteiger partial charge < -0.3 is 15.8 Å². The molecule has 4 nitrogen and oxygen atoms in total. The molecule has 3 N–H and O–H groups in total. The lowest BCUT2D eigenvalue weighted by molar-refractivity contribution is -0.121. The van der Waals surface area contributed by atoms with Gasteiger partial charge in [0, 0.05) is 18.6 Å². The monoisotopic (exact) mass is 214 g/mol. The molecule has 1 aliphatic rings. The second-order valence-electron chi connectivity index (χ2n) is 4.31. The van der Waals surface area contributed by atoms with E-state index in [-0.39, 0.29) is 17.6 Å². The first-order valence-electron chi connectivity index (χ1n) is 5.77. The van der Waals surface area contributed by atoms with Gasteiger partial charge in [0.2, 0.25) is 5.91 Å². The molecule has 0 aliphatic carbocycles. The van der Waals surface area contributed by atoms with E-state index in [4.69, 9.17) is 10.5 Å². The summed E-state index contributed by atoms with van der Waals surface area (Å²) in [6, 6.07) is 0. The smallest absolute Gasteiger partial charge is 0.219 e. The predicted molar refractivity (Wildman–Crippen MR) is 59.5 cm³/mol. The van der Waals surface area contributed by atoms with E-state index in [1.807, 2.05) is 0 Å². The van der Waals surface area contributed by atoms with Gasteiger partial charge in [0.05, 0.1) is 6.10 Å². The highest BCUT2D eigenvalue weighted by molar-refractivity contribution is 5.75. The lowest BCUT2D eigenvalue weighted by Crippen LogP contribution is -2.53. The molecule has 1 heterocycles. The predicted octanol–water partition coefficient (Wildman–Crippen LogP) is 0.799. The molecule has 0 aromatic heterocycles. The van der Waals surface area contributed by atoms with Gasteiger partial charge in [0.15, 0.2) is 0 Å². The molecule has 1 rings (SSSR count). The largest absolute Gasteiger partial charge is 0.378 e. The average molecular weight is 214 g/mol. The van der Waals surface area contributed by atoms with Crippen LogP contribution in [-0.2, 0) is 9.53 Å². The van der Waals surface area contributed by atoms with Crippen molar-refractivity contribution in [2.75, 3.05) is 13.2 Å². The minimum Gasteiger partial charge on any atom is -0.378 e. The molecule has 0 saturated carbocycles. The molecule has 0 radical (unpaired) electrons. The van der Waals surface area contributed by atoms with Crippen molar-refractivity contribution in [2.45, 2.75) is 51.2 Å². The van der Waals surface area contributed by atoms with Crippen LogP contribution in [0.5, 0.6) is 0 Å². The van der Waals surface area contributed by atoms with Crippen molar-refractivity contribution >= 4 is 5.91 Å². The Morgan fingerprint density at radius 1 is 1.60 bits per heavy atom. The molecule has 15 heavy (non-hydrogen) atoms. The first kappa shape index (κ1) is 12.5. The fourth-order valence-electron chi connectivity index (χ4n) is 2.37. The second kappa shape index (κ2) is 5.47. The second-order valence-corrected chi connectivity index (χ2v) is 4.31. The van der Waals surface area contributed by atoms with Gasteiger partial charge in [-0.05, 0) is 25.8 Å². The average Bonchev–Trinajstić information content (AvgIpc) is 2.17. The van der Waals surface area contributed by atoms with Crippen molar-refractivity contribution in [2.24, 2.45) is 5.73 Å². The molecule has 0 spiro atoms. The number of primary amides is 1. The van der Waals surface area contributed by atoms with Gasteiger partial charge in [-0.2, -0.15) is 0 Å². The molecule has 0 aromatic rings. The van der Waals surface area contributed by atoms with E-state index in [2.05, 4.69) is 19.2 Å². The number of ether oxygens (including phenoxy) is 1. The Bertz CT molecular complexity index is 217. The summed E-state index contributed by atoms with van der Waals surface area (Å²) >= 11 is 0. The lowest BCUT2D eigenvalue weighted by Gasteiger charge is -2.40. The minimum atomic E-state index is -0.229. The standard InChI is InChI=1S/C11H22N2O2/c1-3-9-7-11(13-4-2,5-6-15-9)8-10(12)14/h9,13H,3-8H2,1-2H3,(H2,12,14). The molecular formula is C11H22N2O2. The molecule has 1 aliphatic heterocycles. The molecule has 4 heteroatoms. The Hall–Kier alpha value is -0.610. The van der Waals surface area contributed by atoms with Crippen molar-refractivity contribution in [3.63, 3.8) is 0 Å². The summed E-state index contributed by atoms with van der Waals surface area (Å²) in [6.45, 7) is 5.75. The summed E-state index contributed by atoms with van der Waals surface area (Å²) in [6.07, 6.45) is 3.44. The van der Waals surface area contributed by atoms with Gasteiger partial charge in [-0.15, -0.1) is 0 Å². The van der Waals surface area contributed by atoms with E-state index >= 15 is 0 Å². The van der Waals surface area contributed by atoms with Crippen molar-refractivity contribution in [1.29, 1.82) is 0 Å². The van der Waals surface area contributed by atoms with E-state index in [1.54, 1.807) is 0 Å². The third-order valence-electron chi connectivity index (χ3n) is 3.07. The van der Waals surface area contributed by atoms with Crippen LogP contribution < -0.4 is 11.1 Å². The molecule has 0 aromatic carbocycles. The van der Waals surface area contributed by atoms with Gasteiger partial charge in [-0.25, -0.2) is 0 Å². The molecular weight excluding hydrogens is 192 g/mol. The Morgan fingerprint density at radius 2 is 2.33 bits per heavy atom. The van der Waals surface area contributed by atoms with Crippen molar-refractivity contribution in [1.82, 2.24) is 5.32 Å². The summed E-state index contributed by atoms with van der Waals surface area (Å²) in [4.78, 5) is 11.1. The van der Waals surface area contributed by atoms with Crippen molar-refractivity contribution in [3.8, 4) is 0 Å². The van der Waals surface area contributed by atoms with E-state index in [9.17, 15) is 4.79 Å². The lowest BCUT2D eigenvalue weighted by atomic mass is 9.82. The normalized spacial score (nSPS) is 31.5. The van der Waals surface area contributed by atoms with Crippen molar-refractivity contribution in [3.05, 3.63) is 0 Å². The van der Waals surface area contributed by atoms with Gasteiger partial charge in [0.1, 0.15) is 0 Å². The SMILES string of the molecule is CCNC1(CC(N)=O)CCOC(CC)C1. The number of carbonyl (C=O) groups is 1. The molecule has 2 atom stereocenters. The number of amides is 1.